The molecule has 0 saturated carbocycles. The van der Waals surface area contributed by atoms with Crippen molar-refractivity contribution in [2.45, 2.75) is 45.3 Å². The predicted octanol–water partition coefficient (Wildman–Crippen LogP) is 2.71. The molecule has 4 rings (SSSR count). The quantitative estimate of drug-likeness (QED) is 0.768. The van der Waals surface area contributed by atoms with Crippen molar-refractivity contribution in [2.24, 2.45) is 0 Å². The molecule has 0 saturated heterocycles. The Kier molecular flexibility index (Phi) is 3.91. The minimum absolute atomic E-state index is 0.0539. The third kappa shape index (κ3) is 2.97. The van der Waals surface area contributed by atoms with Crippen molar-refractivity contribution in [3.63, 3.8) is 0 Å². The van der Waals surface area contributed by atoms with Gasteiger partial charge in [0.2, 0.25) is 0 Å². The zero-order valence-corrected chi connectivity index (χ0v) is 14.3. The summed E-state index contributed by atoms with van der Waals surface area (Å²) in [4.78, 5) is 16.6. The molecule has 3 heterocycles. The SMILES string of the molecule is Cc1c([C@H](C)NC(=O)NC2CCc3ncnn3C2)oc2ccccc12. The van der Waals surface area contributed by atoms with Crippen LogP contribution in [-0.4, -0.2) is 26.8 Å². The molecule has 0 radical (unpaired) electrons. The number of benzene rings is 1. The van der Waals surface area contributed by atoms with Gasteiger partial charge in [-0.05, 0) is 26.3 Å². The first-order valence-corrected chi connectivity index (χ1v) is 8.53. The van der Waals surface area contributed by atoms with Gasteiger partial charge in [-0.15, -0.1) is 0 Å². The summed E-state index contributed by atoms with van der Waals surface area (Å²) < 4.78 is 7.77. The molecule has 2 aromatic heterocycles. The number of fused-ring (bicyclic) bond motifs is 2. The standard InChI is InChI=1S/C18H21N5O2/c1-11-14-5-3-4-6-15(14)25-17(11)12(2)21-18(24)22-13-7-8-16-19-10-20-23(16)9-13/h3-6,10,12-13H,7-9H2,1-2H3,(H2,21,22,24)/t12-,13?/m0/s1. The predicted molar refractivity (Wildman–Crippen MR) is 93.2 cm³/mol. The summed E-state index contributed by atoms with van der Waals surface area (Å²) in [5.74, 6) is 1.77. The molecule has 2 amide bonds. The average Bonchev–Trinajstić information content (AvgIpc) is 3.19. The maximum atomic E-state index is 12.4. The van der Waals surface area contributed by atoms with Gasteiger partial charge in [-0.1, -0.05) is 18.2 Å². The Labute approximate surface area is 145 Å². The van der Waals surface area contributed by atoms with Gasteiger partial charge in [0.05, 0.1) is 18.6 Å². The molecule has 130 valence electrons. The van der Waals surface area contributed by atoms with Crippen LogP contribution in [0.2, 0.25) is 0 Å². The largest absolute Gasteiger partial charge is 0.459 e. The van der Waals surface area contributed by atoms with Gasteiger partial charge in [0.1, 0.15) is 23.5 Å². The van der Waals surface area contributed by atoms with Crippen LogP contribution in [0.15, 0.2) is 35.0 Å². The van der Waals surface area contributed by atoms with E-state index in [9.17, 15) is 4.79 Å². The number of carbonyl (C=O) groups is 1. The topological polar surface area (TPSA) is 85.0 Å². The van der Waals surface area contributed by atoms with Crippen LogP contribution >= 0.6 is 0 Å². The normalized spacial score (nSPS) is 17.9. The number of para-hydroxylation sites is 1. The number of aromatic nitrogens is 3. The first kappa shape index (κ1) is 15.7. The van der Waals surface area contributed by atoms with E-state index in [1.54, 1.807) is 6.33 Å². The van der Waals surface area contributed by atoms with Crippen LogP contribution in [0.1, 0.15) is 36.5 Å². The Balaban J connectivity index is 1.41. The van der Waals surface area contributed by atoms with Crippen LogP contribution in [0.4, 0.5) is 4.79 Å². The number of hydrogen-bond donors (Lipinski definition) is 2. The Morgan fingerprint density at radius 1 is 1.40 bits per heavy atom. The Morgan fingerprint density at radius 3 is 3.08 bits per heavy atom. The highest BCUT2D eigenvalue weighted by Crippen LogP contribution is 2.29. The monoisotopic (exact) mass is 339 g/mol. The molecule has 1 unspecified atom stereocenters. The second kappa shape index (κ2) is 6.23. The third-order valence-corrected chi connectivity index (χ3v) is 4.76. The number of aryl methyl sites for hydroxylation is 2. The number of furan rings is 1. The molecular weight excluding hydrogens is 318 g/mol. The van der Waals surface area contributed by atoms with Crippen molar-refractivity contribution < 1.29 is 9.21 Å². The van der Waals surface area contributed by atoms with E-state index in [1.807, 2.05) is 42.8 Å². The Hall–Kier alpha value is -2.83. The van der Waals surface area contributed by atoms with Crippen LogP contribution in [0, 0.1) is 6.92 Å². The van der Waals surface area contributed by atoms with Gasteiger partial charge in [0.25, 0.3) is 0 Å². The van der Waals surface area contributed by atoms with Crippen LogP contribution < -0.4 is 10.6 Å². The molecule has 2 atom stereocenters. The Morgan fingerprint density at radius 2 is 2.24 bits per heavy atom. The minimum Gasteiger partial charge on any atom is -0.459 e. The number of nitrogens with one attached hydrogen (secondary N) is 2. The number of amides is 2. The van der Waals surface area contributed by atoms with Crippen LogP contribution in [0.25, 0.3) is 11.0 Å². The number of nitrogens with zero attached hydrogens (tertiary/aromatic N) is 3. The second-order valence-electron chi connectivity index (χ2n) is 6.52. The van der Waals surface area contributed by atoms with E-state index >= 15 is 0 Å². The summed E-state index contributed by atoms with van der Waals surface area (Å²) in [5.41, 5.74) is 1.91. The van der Waals surface area contributed by atoms with Gasteiger partial charge < -0.3 is 15.1 Å². The molecule has 1 aliphatic rings. The fraction of sp³-hybridized carbons (Fsp3) is 0.389. The molecule has 0 bridgehead atoms. The van der Waals surface area contributed by atoms with E-state index in [4.69, 9.17) is 4.42 Å². The van der Waals surface area contributed by atoms with Gasteiger partial charge in [-0.25, -0.2) is 14.5 Å². The molecule has 7 heteroatoms. The summed E-state index contributed by atoms with van der Waals surface area (Å²) in [6, 6.07) is 7.55. The van der Waals surface area contributed by atoms with Crippen molar-refractivity contribution in [1.29, 1.82) is 0 Å². The van der Waals surface area contributed by atoms with Crippen molar-refractivity contribution in [3.05, 3.63) is 47.7 Å². The molecule has 3 aromatic rings. The van der Waals surface area contributed by atoms with Gasteiger partial charge >= 0.3 is 6.03 Å². The molecule has 0 aliphatic carbocycles. The second-order valence-corrected chi connectivity index (χ2v) is 6.52. The number of hydrogen-bond acceptors (Lipinski definition) is 4. The fourth-order valence-corrected chi connectivity index (χ4v) is 3.45. The summed E-state index contributed by atoms with van der Waals surface area (Å²) in [7, 11) is 0. The van der Waals surface area contributed by atoms with E-state index in [0.29, 0.717) is 6.54 Å². The lowest BCUT2D eigenvalue weighted by molar-refractivity contribution is 0.227. The molecular formula is C18H21N5O2. The zero-order valence-electron chi connectivity index (χ0n) is 14.3. The lowest BCUT2D eigenvalue weighted by atomic mass is 10.1. The molecule has 25 heavy (non-hydrogen) atoms. The lowest BCUT2D eigenvalue weighted by Gasteiger charge is -2.24. The van der Waals surface area contributed by atoms with Gasteiger partial charge in [0.15, 0.2) is 0 Å². The molecule has 2 N–H and O–H groups in total. The lowest BCUT2D eigenvalue weighted by Crippen LogP contribution is -2.46. The van der Waals surface area contributed by atoms with Crippen molar-refractivity contribution in [2.75, 3.05) is 0 Å². The van der Waals surface area contributed by atoms with E-state index < -0.39 is 0 Å². The summed E-state index contributed by atoms with van der Waals surface area (Å²) in [6.07, 6.45) is 3.25. The number of rotatable bonds is 3. The van der Waals surface area contributed by atoms with Gasteiger partial charge in [-0.2, -0.15) is 5.10 Å². The van der Waals surface area contributed by atoms with E-state index in [1.165, 1.54) is 0 Å². The maximum Gasteiger partial charge on any atom is 0.315 e. The Bertz CT molecular complexity index is 913. The van der Waals surface area contributed by atoms with E-state index in [2.05, 4.69) is 20.7 Å². The molecule has 1 aromatic carbocycles. The van der Waals surface area contributed by atoms with Gasteiger partial charge in [-0.3, -0.25) is 0 Å². The maximum absolute atomic E-state index is 12.4. The van der Waals surface area contributed by atoms with Crippen LogP contribution in [0.3, 0.4) is 0 Å². The van der Waals surface area contributed by atoms with E-state index in [0.717, 1.165) is 41.0 Å². The molecule has 1 aliphatic heterocycles. The highest BCUT2D eigenvalue weighted by Gasteiger charge is 2.23. The number of carbonyl (C=O) groups excluding carboxylic acids is 1. The average molecular weight is 339 g/mol. The van der Waals surface area contributed by atoms with Crippen molar-refractivity contribution in [3.8, 4) is 0 Å². The van der Waals surface area contributed by atoms with Gasteiger partial charge in [0, 0.05) is 17.4 Å². The van der Waals surface area contributed by atoms with E-state index in [-0.39, 0.29) is 18.1 Å². The fourth-order valence-electron chi connectivity index (χ4n) is 3.45. The van der Waals surface area contributed by atoms with Crippen molar-refractivity contribution >= 4 is 17.0 Å². The summed E-state index contributed by atoms with van der Waals surface area (Å²) >= 11 is 0. The highest BCUT2D eigenvalue weighted by molar-refractivity contribution is 5.82. The summed E-state index contributed by atoms with van der Waals surface area (Å²) in [5, 5.41) is 11.3. The summed E-state index contributed by atoms with van der Waals surface area (Å²) in [6.45, 7) is 4.60. The molecule has 7 nitrogen and oxygen atoms in total. The first-order valence-electron chi connectivity index (χ1n) is 8.53. The highest BCUT2D eigenvalue weighted by atomic mass is 16.3. The minimum atomic E-state index is -0.210. The molecule has 0 fully saturated rings. The number of urea groups is 1. The van der Waals surface area contributed by atoms with Crippen molar-refractivity contribution in [1.82, 2.24) is 25.4 Å². The smallest absolute Gasteiger partial charge is 0.315 e. The van der Waals surface area contributed by atoms with Crippen LogP contribution in [-0.2, 0) is 13.0 Å². The first-order chi connectivity index (χ1) is 12.1. The van der Waals surface area contributed by atoms with Crippen LogP contribution in [0.5, 0.6) is 0 Å². The zero-order chi connectivity index (χ0) is 17.4. The third-order valence-electron chi connectivity index (χ3n) is 4.76. The molecule has 0 spiro atoms.